The second kappa shape index (κ2) is 12.1. The Balaban J connectivity index is 0.00000289. The van der Waals surface area contributed by atoms with Gasteiger partial charge in [-0.25, -0.2) is 13.2 Å². The van der Waals surface area contributed by atoms with Crippen molar-refractivity contribution in [3.05, 3.63) is 94.5 Å². The summed E-state index contributed by atoms with van der Waals surface area (Å²) in [5.74, 6) is -1.11. The largest absolute Gasteiger partial charge is 1.00 e. The fourth-order valence-corrected chi connectivity index (χ4v) is 4.65. The fourth-order valence-electron chi connectivity index (χ4n) is 3.26. The molecule has 0 aliphatic carbocycles. The molecule has 0 spiro atoms. The van der Waals surface area contributed by atoms with Crippen molar-refractivity contribution in [2.75, 3.05) is 6.54 Å². The number of carboxylic acids is 1. The summed E-state index contributed by atoms with van der Waals surface area (Å²) in [6, 6.07) is 18.8. The average molecular weight is 498 g/mol. The number of benzene rings is 3. The number of sulfone groups is 1. The van der Waals surface area contributed by atoms with E-state index in [9.17, 15) is 18.3 Å². The summed E-state index contributed by atoms with van der Waals surface area (Å²) in [4.78, 5) is 11.1. The van der Waals surface area contributed by atoms with Gasteiger partial charge in [-0.3, -0.25) is 0 Å². The Kier molecular flexibility index (Phi) is 10.1. The average Bonchev–Trinajstić information content (AvgIpc) is 2.78. The molecule has 0 saturated carbocycles. The molecule has 0 saturated heterocycles. The van der Waals surface area contributed by atoms with Gasteiger partial charge in [0.2, 0.25) is 9.84 Å². The molecule has 0 heterocycles. The third-order valence-corrected chi connectivity index (χ3v) is 7.14. The van der Waals surface area contributed by atoms with E-state index >= 15 is 0 Å². The van der Waals surface area contributed by atoms with E-state index in [4.69, 9.17) is 16.7 Å². The summed E-state index contributed by atoms with van der Waals surface area (Å²) in [5.41, 5.74) is 1.76. The maximum Gasteiger partial charge on any atom is 1.00 e. The van der Waals surface area contributed by atoms with Gasteiger partial charge in [-0.1, -0.05) is 35.9 Å². The summed E-state index contributed by atoms with van der Waals surface area (Å²) in [7, 11) is -3.73. The molecule has 0 aliphatic heterocycles. The first-order valence-corrected chi connectivity index (χ1v) is 11.9. The predicted octanol–water partition coefficient (Wildman–Crippen LogP) is 1.24. The number of rotatable bonds is 9. The number of carbonyl (C=O) groups is 1. The molecule has 0 aliphatic rings. The van der Waals surface area contributed by atoms with Gasteiger partial charge >= 0.3 is 35.5 Å². The quantitative estimate of drug-likeness (QED) is 0.384. The first-order valence-electron chi connectivity index (χ1n) is 10.0. The normalized spacial score (nSPS) is 13.1. The van der Waals surface area contributed by atoms with Crippen LogP contribution in [0.1, 0.15) is 35.9 Å². The van der Waals surface area contributed by atoms with Crippen LogP contribution in [0.15, 0.2) is 82.6 Å². The molecule has 33 heavy (non-hydrogen) atoms. The van der Waals surface area contributed by atoms with Crippen LogP contribution >= 0.6 is 11.6 Å². The molecule has 9 heteroatoms. The zero-order valence-electron chi connectivity index (χ0n) is 19.4. The van der Waals surface area contributed by atoms with Crippen LogP contribution in [-0.2, 0) is 16.3 Å². The Morgan fingerprint density at radius 2 is 1.48 bits per heavy atom. The van der Waals surface area contributed by atoms with Crippen molar-refractivity contribution in [2.45, 2.75) is 35.3 Å². The van der Waals surface area contributed by atoms with Crippen LogP contribution in [0.2, 0.25) is 5.02 Å². The molecule has 2 atom stereocenters. The van der Waals surface area contributed by atoms with Gasteiger partial charge in [-0.15, -0.1) is 0 Å². The van der Waals surface area contributed by atoms with Gasteiger partial charge in [0.05, 0.1) is 21.5 Å². The minimum absolute atomic E-state index is 0. The van der Waals surface area contributed by atoms with Crippen LogP contribution in [0.3, 0.4) is 0 Å². The van der Waals surface area contributed by atoms with E-state index in [1.165, 1.54) is 24.3 Å². The molecule has 6 nitrogen and oxygen atoms in total. The second-order valence-corrected chi connectivity index (χ2v) is 9.94. The minimum atomic E-state index is -3.73. The van der Waals surface area contributed by atoms with Crippen LogP contribution in [0, 0.1) is 0 Å². The molecule has 170 valence electrons. The van der Waals surface area contributed by atoms with E-state index < -0.39 is 21.9 Å². The summed E-state index contributed by atoms with van der Waals surface area (Å²) < 4.78 is 25.6. The van der Waals surface area contributed by atoms with Gasteiger partial charge in [0, 0.05) is 17.6 Å². The van der Waals surface area contributed by atoms with Gasteiger partial charge < -0.3 is 17.0 Å². The number of hydrogen-bond acceptors (Lipinski definition) is 5. The van der Waals surface area contributed by atoms with Crippen LogP contribution in [0.4, 0.5) is 0 Å². The zero-order valence-corrected chi connectivity index (χ0v) is 22.0. The molecule has 3 aromatic carbocycles. The molecular weight excluding hydrogens is 473 g/mol. The van der Waals surface area contributed by atoms with Crippen molar-refractivity contribution in [1.29, 1.82) is 0 Å². The van der Waals surface area contributed by atoms with Crippen LogP contribution < -0.4 is 34.9 Å². The molecule has 3 N–H and O–H groups in total. The molecular formula is C24H25ClNNaO5S. The number of nitrogens with one attached hydrogen (secondary N) is 1. The summed E-state index contributed by atoms with van der Waals surface area (Å²) in [6.45, 7) is 2.37. The number of aromatic carboxylic acids is 1. The van der Waals surface area contributed by atoms with E-state index in [-0.39, 0.29) is 52.4 Å². The topological polar surface area (TPSA) is 104 Å². The molecule has 0 radical (unpaired) electrons. The second-order valence-electron chi connectivity index (χ2n) is 7.56. The van der Waals surface area contributed by atoms with Crippen LogP contribution in [-0.4, -0.2) is 37.2 Å². The molecule has 3 rings (SSSR count). The maximum atomic E-state index is 12.8. The van der Waals surface area contributed by atoms with Crippen molar-refractivity contribution in [3.8, 4) is 0 Å². The first kappa shape index (κ1) is 27.5. The minimum Gasteiger partial charge on any atom is -1.00 e. The maximum absolute atomic E-state index is 12.8. The van der Waals surface area contributed by atoms with Gasteiger partial charge in [0.25, 0.3) is 0 Å². The van der Waals surface area contributed by atoms with E-state index in [1.807, 2.05) is 6.92 Å². The zero-order chi connectivity index (χ0) is 23.3. The number of halogens is 1. The summed E-state index contributed by atoms with van der Waals surface area (Å²) in [6.07, 6.45) is -0.00389. The Morgan fingerprint density at radius 1 is 0.970 bits per heavy atom. The molecule has 3 aromatic rings. The van der Waals surface area contributed by atoms with Gasteiger partial charge in [0.15, 0.2) is 0 Å². The fraction of sp³-hybridized carbons (Fsp3) is 0.208. The molecule has 0 amide bonds. The monoisotopic (exact) mass is 497 g/mol. The molecule has 0 aromatic heterocycles. The van der Waals surface area contributed by atoms with E-state index in [2.05, 4.69) is 5.32 Å². The number of aliphatic hydroxyl groups excluding tert-OH is 1. The number of carboxylic acid groups (broad SMARTS) is 1. The van der Waals surface area contributed by atoms with Crippen LogP contribution in [0.25, 0.3) is 0 Å². The molecule has 0 fully saturated rings. The van der Waals surface area contributed by atoms with E-state index in [0.29, 0.717) is 18.0 Å². The Bertz CT molecular complexity index is 1170. The predicted molar refractivity (Wildman–Crippen MR) is 124 cm³/mol. The van der Waals surface area contributed by atoms with E-state index in [1.54, 1.807) is 48.5 Å². The Hall–Kier alpha value is -1.71. The van der Waals surface area contributed by atoms with Crippen molar-refractivity contribution in [3.63, 3.8) is 0 Å². The van der Waals surface area contributed by atoms with Gasteiger partial charge in [-0.05, 0) is 73.0 Å². The van der Waals surface area contributed by atoms with Crippen molar-refractivity contribution in [1.82, 2.24) is 5.32 Å². The van der Waals surface area contributed by atoms with E-state index in [0.717, 1.165) is 11.1 Å². The molecule has 0 bridgehead atoms. The number of aliphatic hydroxyl groups is 1. The standard InChI is InChI=1S/C24H24ClNO5S.Na.H/c1-16(26-15-23(27)18-4-8-20(25)9-5-18)14-17-2-10-21(11-3-17)32(30,31)22-12-6-19(7-13-22)24(28)29;;/h2-13,16,23,26-27H,14-15H2,1H3,(H,28,29);;/q;+1;-1/t16-,23-;;/m1../s1. The van der Waals surface area contributed by atoms with Crippen molar-refractivity contribution < 1.29 is 54.4 Å². The Morgan fingerprint density at radius 3 is 2.00 bits per heavy atom. The summed E-state index contributed by atoms with van der Waals surface area (Å²) in [5, 5.41) is 23.2. The smallest absolute Gasteiger partial charge is 1.00 e. The van der Waals surface area contributed by atoms with Crippen molar-refractivity contribution >= 4 is 27.4 Å². The van der Waals surface area contributed by atoms with Gasteiger partial charge in [0.1, 0.15) is 0 Å². The third kappa shape index (κ3) is 7.39. The SMILES string of the molecule is C[C@H](Cc1ccc(S(=O)(=O)c2ccc(C(=O)O)cc2)cc1)NC[C@@H](O)c1ccc(Cl)cc1.[H-].[Na+]. The number of hydrogen-bond donors (Lipinski definition) is 3. The van der Waals surface area contributed by atoms with Crippen molar-refractivity contribution in [2.24, 2.45) is 0 Å². The van der Waals surface area contributed by atoms with Gasteiger partial charge in [-0.2, -0.15) is 0 Å². The Labute approximate surface area is 222 Å². The van der Waals surface area contributed by atoms with Crippen LogP contribution in [0.5, 0.6) is 0 Å². The summed E-state index contributed by atoms with van der Waals surface area (Å²) >= 11 is 5.87. The third-order valence-electron chi connectivity index (χ3n) is 5.10. The molecule has 0 unspecified atom stereocenters. The first-order chi connectivity index (χ1) is 15.2.